The van der Waals surface area contributed by atoms with Gasteiger partial charge in [0.1, 0.15) is 23.1 Å². The first kappa shape index (κ1) is 32.4. The number of thiazole rings is 1. The van der Waals surface area contributed by atoms with E-state index >= 15 is 0 Å². The quantitative estimate of drug-likeness (QED) is 0.142. The Labute approximate surface area is 271 Å². The lowest BCUT2D eigenvalue weighted by Gasteiger charge is -2.19. The molecule has 2 aromatic heterocycles. The molecule has 4 N–H and O–H groups in total. The van der Waals surface area contributed by atoms with Crippen LogP contribution in [0, 0.1) is 12.7 Å². The van der Waals surface area contributed by atoms with Gasteiger partial charge in [-0.1, -0.05) is 49.8 Å². The van der Waals surface area contributed by atoms with E-state index in [-0.39, 0.29) is 23.5 Å². The highest BCUT2D eigenvalue weighted by molar-refractivity contribution is 7.22. The Hall–Kier alpha value is -4.97. The average molecular weight is 644 g/mol. The molecule has 10 nitrogen and oxygen atoms in total. The van der Waals surface area contributed by atoms with Crippen molar-refractivity contribution in [1.29, 1.82) is 0 Å². The number of ether oxygens (including phenoxy) is 1. The van der Waals surface area contributed by atoms with Crippen LogP contribution >= 0.6 is 11.3 Å². The third kappa shape index (κ3) is 8.19. The number of aromatic nitrogens is 3. The van der Waals surface area contributed by atoms with Gasteiger partial charge in [-0.15, -0.1) is 0 Å². The molecule has 2 heterocycles. The molecule has 5 rings (SSSR count). The molecule has 0 saturated carbocycles. The number of nitrogens with one attached hydrogen (secondary N) is 4. The Morgan fingerprint density at radius 2 is 1.65 bits per heavy atom. The first-order valence-electron chi connectivity index (χ1n) is 14.8. The summed E-state index contributed by atoms with van der Waals surface area (Å²) in [6, 6.07) is 18.4. The Morgan fingerprint density at radius 3 is 2.35 bits per heavy atom. The van der Waals surface area contributed by atoms with Crippen molar-refractivity contribution in [2.24, 2.45) is 0 Å². The molecule has 0 aliphatic carbocycles. The van der Waals surface area contributed by atoms with Crippen molar-refractivity contribution in [3.63, 3.8) is 0 Å². The number of urea groups is 2. The van der Waals surface area contributed by atoms with E-state index in [9.17, 15) is 14.0 Å². The normalized spacial score (nSPS) is 11.7. The molecule has 0 unspecified atom stereocenters. The van der Waals surface area contributed by atoms with E-state index in [4.69, 9.17) is 9.84 Å². The minimum atomic E-state index is -0.481. The molecular weight excluding hydrogens is 605 g/mol. The average Bonchev–Trinajstić information content (AvgIpc) is 3.56. The number of amides is 4. The van der Waals surface area contributed by atoms with Crippen LogP contribution in [0.1, 0.15) is 58.4 Å². The molecule has 240 valence electrons. The number of halogens is 1. The van der Waals surface area contributed by atoms with Crippen LogP contribution in [-0.2, 0) is 12.0 Å². The fraction of sp³-hybridized carbons (Fsp3) is 0.294. The SMILES string of the molecule is Cc1ccc(-n2nc(C(C)(C)C)cc2NC(=O)NCc2cc(F)ccc2Oc2ccc3nc(NC(=O)NC(C)(C)C)sc3c2)cc1. The van der Waals surface area contributed by atoms with Crippen molar-refractivity contribution in [3.8, 4) is 17.2 Å². The highest BCUT2D eigenvalue weighted by Gasteiger charge is 2.22. The molecule has 0 aliphatic rings. The smallest absolute Gasteiger partial charge is 0.321 e. The molecule has 3 aromatic carbocycles. The van der Waals surface area contributed by atoms with Gasteiger partial charge in [-0.25, -0.2) is 23.6 Å². The molecule has 46 heavy (non-hydrogen) atoms. The van der Waals surface area contributed by atoms with Crippen molar-refractivity contribution < 1.29 is 18.7 Å². The van der Waals surface area contributed by atoms with Gasteiger partial charge in [0.2, 0.25) is 0 Å². The van der Waals surface area contributed by atoms with Crippen molar-refractivity contribution in [2.75, 3.05) is 10.6 Å². The van der Waals surface area contributed by atoms with Crippen LogP contribution in [0.15, 0.2) is 66.7 Å². The maximum Gasteiger partial charge on any atom is 0.321 e. The van der Waals surface area contributed by atoms with Gasteiger partial charge in [-0.2, -0.15) is 5.10 Å². The fourth-order valence-electron chi connectivity index (χ4n) is 4.46. The summed E-state index contributed by atoms with van der Waals surface area (Å²) >= 11 is 1.31. The lowest BCUT2D eigenvalue weighted by Crippen LogP contribution is -2.43. The number of fused-ring (bicyclic) bond motifs is 1. The monoisotopic (exact) mass is 643 g/mol. The zero-order valence-electron chi connectivity index (χ0n) is 26.9. The van der Waals surface area contributed by atoms with Crippen LogP contribution in [0.2, 0.25) is 0 Å². The molecule has 0 radical (unpaired) electrons. The highest BCUT2D eigenvalue weighted by Crippen LogP contribution is 2.33. The topological polar surface area (TPSA) is 122 Å². The van der Waals surface area contributed by atoms with Gasteiger partial charge in [-0.3, -0.25) is 10.6 Å². The molecule has 12 heteroatoms. The van der Waals surface area contributed by atoms with Gasteiger partial charge in [0.15, 0.2) is 5.13 Å². The summed E-state index contributed by atoms with van der Waals surface area (Å²) in [6.07, 6.45) is 0. The Bertz CT molecular complexity index is 1890. The van der Waals surface area contributed by atoms with E-state index in [1.54, 1.807) is 22.9 Å². The predicted octanol–water partition coefficient (Wildman–Crippen LogP) is 8.26. The van der Waals surface area contributed by atoms with E-state index in [1.165, 1.54) is 29.5 Å². The second-order valence-corrected chi connectivity index (χ2v) is 14.1. The summed E-state index contributed by atoms with van der Waals surface area (Å²) in [5.74, 6) is 0.924. The summed E-state index contributed by atoms with van der Waals surface area (Å²) in [4.78, 5) is 29.8. The molecule has 0 fully saturated rings. The van der Waals surface area contributed by atoms with Gasteiger partial charge < -0.3 is 15.4 Å². The maximum atomic E-state index is 14.3. The number of anilines is 2. The largest absolute Gasteiger partial charge is 0.457 e. The van der Waals surface area contributed by atoms with Crippen molar-refractivity contribution in [2.45, 2.75) is 66.0 Å². The summed E-state index contributed by atoms with van der Waals surface area (Å²) in [6.45, 7) is 13.9. The van der Waals surface area contributed by atoms with Crippen LogP contribution < -0.4 is 26.0 Å². The Balaban J connectivity index is 1.29. The van der Waals surface area contributed by atoms with Gasteiger partial charge in [0, 0.05) is 35.2 Å². The van der Waals surface area contributed by atoms with Crippen LogP contribution in [-0.4, -0.2) is 32.4 Å². The lowest BCUT2D eigenvalue weighted by atomic mass is 9.92. The summed E-state index contributed by atoms with van der Waals surface area (Å²) in [7, 11) is 0. The molecule has 0 bridgehead atoms. The second-order valence-electron chi connectivity index (χ2n) is 13.1. The van der Waals surface area contributed by atoms with E-state index in [0.29, 0.717) is 33.5 Å². The number of carbonyl (C=O) groups is 2. The summed E-state index contributed by atoms with van der Waals surface area (Å²) in [5.41, 5.74) is 3.26. The van der Waals surface area contributed by atoms with E-state index in [2.05, 4.69) is 47.0 Å². The molecule has 0 saturated heterocycles. The summed E-state index contributed by atoms with van der Waals surface area (Å²) < 4.78 is 22.9. The van der Waals surface area contributed by atoms with Crippen LogP contribution in [0.4, 0.5) is 24.9 Å². The van der Waals surface area contributed by atoms with Gasteiger partial charge in [0.05, 0.1) is 21.6 Å². The minimum absolute atomic E-state index is 0.00345. The number of carbonyl (C=O) groups excluding carboxylic acids is 2. The van der Waals surface area contributed by atoms with E-state index in [0.717, 1.165) is 21.6 Å². The van der Waals surface area contributed by atoms with E-state index in [1.807, 2.05) is 58.0 Å². The number of aryl methyl sites for hydroxylation is 1. The van der Waals surface area contributed by atoms with Crippen molar-refractivity contribution in [3.05, 3.63) is 89.4 Å². The first-order chi connectivity index (χ1) is 21.6. The molecule has 0 atom stereocenters. The van der Waals surface area contributed by atoms with Crippen molar-refractivity contribution in [1.82, 2.24) is 25.4 Å². The highest BCUT2D eigenvalue weighted by atomic mass is 32.1. The van der Waals surface area contributed by atoms with Crippen LogP contribution in [0.25, 0.3) is 15.9 Å². The van der Waals surface area contributed by atoms with E-state index < -0.39 is 11.8 Å². The third-order valence-electron chi connectivity index (χ3n) is 6.76. The summed E-state index contributed by atoms with van der Waals surface area (Å²) in [5, 5.41) is 16.5. The fourth-order valence-corrected chi connectivity index (χ4v) is 5.35. The third-order valence-corrected chi connectivity index (χ3v) is 7.69. The van der Waals surface area contributed by atoms with Crippen LogP contribution in [0.3, 0.4) is 0 Å². The zero-order valence-corrected chi connectivity index (χ0v) is 27.7. The maximum absolute atomic E-state index is 14.3. The Morgan fingerprint density at radius 1 is 0.913 bits per heavy atom. The number of benzene rings is 3. The van der Waals surface area contributed by atoms with Gasteiger partial charge in [-0.05, 0) is 70.2 Å². The zero-order chi connectivity index (χ0) is 33.2. The van der Waals surface area contributed by atoms with Gasteiger partial charge >= 0.3 is 12.1 Å². The molecule has 0 aliphatic heterocycles. The van der Waals surface area contributed by atoms with Gasteiger partial charge in [0.25, 0.3) is 0 Å². The molecule has 5 aromatic rings. The molecule has 0 spiro atoms. The lowest BCUT2D eigenvalue weighted by molar-refractivity contribution is 0.243. The minimum Gasteiger partial charge on any atom is -0.457 e. The predicted molar refractivity (Wildman–Crippen MR) is 181 cm³/mol. The first-order valence-corrected chi connectivity index (χ1v) is 15.6. The standard InChI is InChI=1S/C34H38FN7O3S/c1-20-8-11-23(12-9-20)42-29(18-28(41-42)33(2,3)4)38-30(43)36-19-21-16-22(35)10-15-26(21)45-24-13-14-25-27(17-24)46-32(37-25)39-31(44)40-34(5,6)7/h8-18H,19H2,1-7H3,(H2,36,38,43)(H2,37,39,40,44). The second kappa shape index (κ2) is 12.8. The number of nitrogens with zero attached hydrogens (tertiary/aromatic N) is 3. The molecule has 4 amide bonds. The molecular formula is C34H38FN7O3S. The number of hydrogen-bond donors (Lipinski definition) is 4. The van der Waals surface area contributed by atoms with Crippen LogP contribution in [0.5, 0.6) is 11.5 Å². The number of rotatable bonds is 7. The number of hydrogen-bond acceptors (Lipinski definition) is 6. The van der Waals surface area contributed by atoms with Crippen molar-refractivity contribution >= 4 is 44.6 Å². The Kier molecular flexibility index (Phi) is 9.02.